The van der Waals surface area contributed by atoms with Crippen LogP contribution in [0.3, 0.4) is 0 Å². The minimum atomic E-state index is 0. The second-order valence-corrected chi connectivity index (χ2v) is 4.50. The second-order valence-electron chi connectivity index (χ2n) is 3.94. The Hall–Kier alpha value is -1.25. The zero-order valence-electron chi connectivity index (χ0n) is 9.60. The average Bonchev–Trinajstić information content (AvgIpc) is 2.54. The number of hydrogen-bond acceptors (Lipinski definition) is 1. The van der Waals surface area contributed by atoms with Gasteiger partial charge in [0.1, 0.15) is 11.5 Å². The second kappa shape index (κ2) is 5.59. The molecule has 0 amide bonds. The van der Waals surface area contributed by atoms with Gasteiger partial charge < -0.3 is 4.74 Å². The van der Waals surface area contributed by atoms with Crippen molar-refractivity contribution in [2.24, 2.45) is 0 Å². The van der Waals surface area contributed by atoms with Crippen molar-refractivity contribution in [2.45, 2.75) is 0 Å². The number of rotatable bonds is 1. The van der Waals surface area contributed by atoms with Gasteiger partial charge in [0.25, 0.3) is 0 Å². The summed E-state index contributed by atoms with van der Waals surface area (Å²) < 4.78 is 5.96. The lowest BCUT2D eigenvalue weighted by Gasteiger charge is -2.09. The van der Waals surface area contributed by atoms with Crippen LogP contribution in [0.1, 0.15) is 11.1 Å². The van der Waals surface area contributed by atoms with Gasteiger partial charge in [-0.25, -0.2) is 0 Å². The molecular formula is C15H12BrClO. The Morgan fingerprint density at radius 3 is 2.33 bits per heavy atom. The molecule has 0 radical (unpaired) electrons. The third kappa shape index (κ3) is 2.31. The molecule has 1 nitrogen and oxygen atoms in total. The van der Waals surface area contributed by atoms with Gasteiger partial charge in [-0.15, -0.1) is 12.4 Å². The van der Waals surface area contributed by atoms with E-state index in [1.165, 1.54) is 5.57 Å². The Kier molecular flexibility index (Phi) is 4.10. The first-order valence-corrected chi connectivity index (χ1v) is 6.63. The van der Waals surface area contributed by atoms with E-state index in [0.717, 1.165) is 28.0 Å². The minimum Gasteiger partial charge on any atom is -0.456 e. The molecule has 2 aromatic rings. The van der Waals surface area contributed by atoms with Crippen LogP contribution in [0, 0.1) is 0 Å². The molecule has 1 heterocycles. The lowest BCUT2D eigenvalue weighted by Crippen LogP contribution is -1.89. The van der Waals surface area contributed by atoms with Gasteiger partial charge in [0.15, 0.2) is 0 Å². The Morgan fingerprint density at radius 2 is 1.56 bits per heavy atom. The number of halogens is 2. The fourth-order valence-corrected chi connectivity index (χ4v) is 2.47. The van der Waals surface area contributed by atoms with E-state index in [-0.39, 0.29) is 12.4 Å². The molecule has 0 bridgehead atoms. The molecule has 3 heteroatoms. The summed E-state index contributed by atoms with van der Waals surface area (Å²) in [4.78, 5) is 0. The summed E-state index contributed by atoms with van der Waals surface area (Å²) in [7, 11) is 0. The first kappa shape index (κ1) is 13.2. The molecule has 0 atom stereocenters. The number of fused-ring (bicyclic) bond motifs is 2. The molecule has 0 aliphatic carbocycles. The zero-order chi connectivity index (χ0) is 11.7. The number of ether oxygens (including phenoxy) is 1. The summed E-state index contributed by atoms with van der Waals surface area (Å²) in [6, 6.07) is 16.2. The number of hydrogen-bond donors (Lipinski definition) is 0. The Balaban J connectivity index is 0.00000120. The lowest BCUT2D eigenvalue weighted by molar-refractivity contribution is 0.481. The molecule has 0 aromatic heterocycles. The van der Waals surface area contributed by atoms with E-state index >= 15 is 0 Å². The van der Waals surface area contributed by atoms with Gasteiger partial charge in [-0.3, -0.25) is 0 Å². The summed E-state index contributed by atoms with van der Waals surface area (Å²) >= 11 is 3.54. The van der Waals surface area contributed by atoms with Crippen LogP contribution in [0.5, 0.6) is 11.5 Å². The van der Waals surface area contributed by atoms with Crippen LogP contribution in [0.4, 0.5) is 0 Å². The fourth-order valence-electron chi connectivity index (χ4n) is 2.01. The van der Waals surface area contributed by atoms with Gasteiger partial charge in [0.05, 0.1) is 0 Å². The molecule has 3 rings (SSSR count). The average molecular weight is 324 g/mol. The highest BCUT2D eigenvalue weighted by atomic mass is 79.9. The quantitative estimate of drug-likeness (QED) is 0.659. The SMILES string of the molecule is BrCC1=Cc2ccccc2Oc2ccccc21.Cl. The molecule has 1 aliphatic heterocycles. The van der Waals surface area contributed by atoms with E-state index in [1.807, 2.05) is 36.4 Å². The van der Waals surface area contributed by atoms with E-state index in [4.69, 9.17) is 4.74 Å². The number of para-hydroxylation sites is 2. The van der Waals surface area contributed by atoms with Gasteiger partial charge in [-0.2, -0.15) is 0 Å². The summed E-state index contributed by atoms with van der Waals surface area (Å²) in [5.74, 6) is 1.83. The van der Waals surface area contributed by atoms with Gasteiger partial charge in [-0.05, 0) is 23.8 Å². The summed E-state index contributed by atoms with van der Waals surface area (Å²) in [5.41, 5.74) is 3.52. The van der Waals surface area contributed by atoms with E-state index in [0.29, 0.717) is 0 Å². The highest BCUT2D eigenvalue weighted by Gasteiger charge is 2.14. The molecule has 0 N–H and O–H groups in total. The van der Waals surface area contributed by atoms with E-state index in [1.54, 1.807) is 0 Å². The molecule has 2 aromatic carbocycles. The fraction of sp³-hybridized carbons (Fsp3) is 0.0667. The highest BCUT2D eigenvalue weighted by Crippen LogP contribution is 2.38. The first-order valence-electron chi connectivity index (χ1n) is 5.51. The van der Waals surface area contributed by atoms with Gasteiger partial charge in [0, 0.05) is 16.5 Å². The van der Waals surface area contributed by atoms with Gasteiger partial charge in [-0.1, -0.05) is 52.3 Å². The predicted octanol–water partition coefficient (Wildman–Crippen LogP) is 5.15. The number of alkyl halides is 1. The molecule has 0 unspecified atom stereocenters. The maximum atomic E-state index is 5.96. The molecule has 92 valence electrons. The van der Waals surface area contributed by atoms with E-state index in [9.17, 15) is 0 Å². The Labute approximate surface area is 121 Å². The third-order valence-electron chi connectivity index (χ3n) is 2.85. The van der Waals surface area contributed by atoms with E-state index < -0.39 is 0 Å². The summed E-state index contributed by atoms with van der Waals surface area (Å²) in [6.45, 7) is 0. The van der Waals surface area contributed by atoms with Crippen molar-refractivity contribution < 1.29 is 4.74 Å². The van der Waals surface area contributed by atoms with Crippen molar-refractivity contribution >= 4 is 40.0 Å². The monoisotopic (exact) mass is 322 g/mol. The number of allylic oxidation sites excluding steroid dienone is 1. The maximum Gasteiger partial charge on any atom is 0.134 e. The van der Waals surface area contributed by atoms with Crippen LogP contribution < -0.4 is 4.74 Å². The number of benzene rings is 2. The molecule has 0 saturated heterocycles. The zero-order valence-corrected chi connectivity index (χ0v) is 12.0. The summed E-state index contributed by atoms with van der Waals surface area (Å²) in [6.07, 6.45) is 2.18. The van der Waals surface area contributed by atoms with Crippen LogP contribution in [0.25, 0.3) is 11.6 Å². The van der Waals surface area contributed by atoms with Crippen LogP contribution >= 0.6 is 28.3 Å². The first-order chi connectivity index (χ1) is 8.38. The Bertz CT molecular complexity index is 593. The van der Waals surface area contributed by atoms with Crippen molar-refractivity contribution in [3.63, 3.8) is 0 Å². The maximum absolute atomic E-state index is 5.96. The van der Waals surface area contributed by atoms with Crippen LogP contribution in [0.15, 0.2) is 48.5 Å². The largest absolute Gasteiger partial charge is 0.456 e. The normalized spacial score (nSPS) is 12.2. The minimum absolute atomic E-state index is 0. The van der Waals surface area contributed by atoms with Crippen LogP contribution in [-0.4, -0.2) is 5.33 Å². The van der Waals surface area contributed by atoms with E-state index in [2.05, 4.69) is 34.1 Å². The van der Waals surface area contributed by atoms with Crippen molar-refractivity contribution in [2.75, 3.05) is 5.33 Å². The molecule has 1 aliphatic rings. The topological polar surface area (TPSA) is 9.23 Å². The third-order valence-corrected chi connectivity index (χ3v) is 3.45. The van der Waals surface area contributed by atoms with Crippen LogP contribution in [-0.2, 0) is 0 Å². The van der Waals surface area contributed by atoms with Crippen molar-refractivity contribution in [3.8, 4) is 11.5 Å². The molecule has 18 heavy (non-hydrogen) atoms. The Morgan fingerprint density at radius 1 is 0.889 bits per heavy atom. The lowest BCUT2D eigenvalue weighted by atomic mass is 10.0. The molecule has 0 saturated carbocycles. The standard InChI is InChI=1S/C15H11BrO.ClH/c16-10-12-9-11-5-1-3-7-14(11)17-15-8-4-2-6-13(12)15;/h1-9H,10H2;1H. The van der Waals surface area contributed by atoms with Crippen LogP contribution in [0.2, 0.25) is 0 Å². The molecular weight excluding hydrogens is 312 g/mol. The van der Waals surface area contributed by atoms with Crippen molar-refractivity contribution in [3.05, 3.63) is 59.7 Å². The smallest absolute Gasteiger partial charge is 0.134 e. The van der Waals surface area contributed by atoms with Crippen molar-refractivity contribution in [1.82, 2.24) is 0 Å². The predicted molar refractivity (Wildman–Crippen MR) is 81.9 cm³/mol. The summed E-state index contributed by atoms with van der Waals surface area (Å²) in [5, 5.41) is 0.821. The molecule has 0 fully saturated rings. The van der Waals surface area contributed by atoms with Gasteiger partial charge >= 0.3 is 0 Å². The van der Waals surface area contributed by atoms with Crippen molar-refractivity contribution in [1.29, 1.82) is 0 Å². The molecule has 0 spiro atoms. The highest BCUT2D eigenvalue weighted by molar-refractivity contribution is 9.09. The van der Waals surface area contributed by atoms with Gasteiger partial charge in [0.2, 0.25) is 0 Å².